The number of furan rings is 1. The van der Waals surface area contributed by atoms with Crippen LogP contribution in [0.15, 0.2) is 40.8 Å². The van der Waals surface area contributed by atoms with Crippen molar-refractivity contribution in [3.05, 3.63) is 64.9 Å². The number of rotatable bonds is 5. The van der Waals surface area contributed by atoms with E-state index in [1.165, 1.54) is 0 Å². The molecule has 1 unspecified atom stereocenters. The van der Waals surface area contributed by atoms with E-state index in [4.69, 9.17) is 4.42 Å². The van der Waals surface area contributed by atoms with E-state index in [0.29, 0.717) is 22.9 Å². The fourth-order valence-corrected chi connectivity index (χ4v) is 3.79. The second-order valence-corrected chi connectivity index (χ2v) is 8.20. The van der Waals surface area contributed by atoms with Gasteiger partial charge in [0.15, 0.2) is 5.54 Å². The van der Waals surface area contributed by atoms with Crippen LogP contribution in [0.1, 0.15) is 35.4 Å². The predicted molar refractivity (Wildman–Crippen MR) is 117 cm³/mol. The van der Waals surface area contributed by atoms with Gasteiger partial charge >= 0.3 is 6.03 Å². The van der Waals surface area contributed by atoms with Gasteiger partial charge in [-0.15, -0.1) is 0 Å². The van der Waals surface area contributed by atoms with Crippen LogP contribution in [0.4, 0.5) is 10.5 Å². The Morgan fingerprint density at radius 3 is 2.41 bits per heavy atom. The van der Waals surface area contributed by atoms with Crippen molar-refractivity contribution >= 4 is 23.5 Å². The molecule has 1 atom stereocenters. The largest absolute Gasteiger partial charge is 0.463 e. The number of carbonyl (C=O) groups excluding carboxylic acids is 3. The molecule has 0 bridgehead atoms. The van der Waals surface area contributed by atoms with Crippen molar-refractivity contribution < 1.29 is 18.8 Å². The first-order valence-electron chi connectivity index (χ1n) is 10.2. The van der Waals surface area contributed by atoms with Crippen molar-refractivity contribution in [3.8, 4) is 5.69 Å². The zero-order valence-corrected chi connectivity index (χ0v) is 18.6. The molecule has 32 heavy (non-hydrogen) atoms. The molecule has 1 aromatic carbocycles. The molecular formula is C23H25N5O4. The van der Waals surface area contributed by atoms with Gasteiger partial charge in [0.05, 0.1) is 22.8 Å². The van der Waals surface area contributed by atoms with Crippen LogP contribution in [0.5, 0.6) is 0 Å². The lowest BCUT2D eigenvalue weighted by Gasteiger charge is -2.19. The van der Waals surface area contributed by atoms with Crippen LogP contribution in [-0.4, -0.2) is 39.1 Å². The first-order valence-corrected chi connectivity index (χ1v) is 10.2. The molecule has 1 aliphatic heterocycles. The Kier molecular flexibility index (Phi) is 5.12. The molecule has 1 saturated heterocycles. The maximum atomic E-state index is 13.0. The normalized spacial score (nSPS) is 18.2. The number of urea groups is 1. The van der Waals surface area contributed by atoms with Crippen LogP contribution < -0.4 is 10.6 Å². The van der Waals surface area contributed by atoms with Gasteiger partial charge in [-0.1, -0.05) is 17.7 Å². The average molecular weight is 435 g/mol. The minimum atomic E-state index is -1.35. The fraction of sp³-hybridized carbons (Fsp3) is 0.304. The van der Waals surface area contributed by atoms with Crippen LogP contribution in [0.2, 0.25) is 0 Å². The van der Waals surface area contributed by atoms with Crippen LogP contribution in [0.3, 0.4) is 0 Å². The van der Waals surface area contributed by atoms with Crippen molar-refractivity contribution in [2.45, 2.75) is 40.2 Å². The third kappa shape index (κ3) is 3.55. The monoisotopic (exact) mass is 435 g/mol. The van der Waals surface area contributed by atoms with E-state index in [1.807, 2.05) is 38.1 Å². The van der Waals surface area contributed by atoms with E-state index < -0.39 is 29.9 Å². The number of aromatic nitrogens is 2. The quantitative estimate of drug-likeness (QED) is 0.599. The molecule has 9 heteroatoms. The van der Waals surface area contributed by atoms with E-state index in [9.17, 15) is 14.4 Å². The molecule has 9 nitrogen and oxygen atoms in total. The molecule has 0 radical (unpaired) electrons. The van der Waals surface area contributed by atoms with Crippen LogP contribution >= 0.6 is 0 Å². The SMILES string of the molecule is Cc1ccc(-n2nc(C)c(NC(=O)CN3C(=O)NC(C)(c4ccc(C)o4)C3=O)c2C)cc1. The fourth-order valence-electron chi connectivity index (χ4n) is 3.79. The van der Waals surface area contributed by atoms with Crippen molar-refractivity contribution in [2.75, 3.05) is 11.9 Å². The summed E-state index contributed by atoms with van der Waals surface area (Å²) in [4.78, 5) is 39.1. The first-order chi connectivity index (χ1) is 15.1. The smallest absolute Gasteiger partial charge is 0.325 e. The standard InChI is InChI=1S/C23H25N5O4/c1-13-6-9-17(10-7-13)28-16(4)20(15(3)26-28)24-19(29)12-27-21(30)23(5,25-22(27)31)18-11-8-14(2)32-18/h6-11H,12H2,1-5H3,(H,24,29)(H,25,31). The Morgan fingerprint density at radius 1 is 1.09 bits per heavy atom. The number of carbonyl (C=O) groups is 3. The molecule has 3 heterocycles. The number of anilines is 1. The third-order valence-corrected chi connectivity index (χ3v) is 5.64. The minimum absolute atomic E-state index is 0.322. The minimum Gasteiger partial charge on any atom is -0.463 e. The van der Waals surface area contributed by atoms with E-state index >= 15 is 0 Å². The predicted octanol–water partition coefficient (Wildman–Crippen LogP) is 3.10. The van der Waals surface area contributed by atoms with E-state index in [1.54, 1.807) is 37.6 Å². The number of nitrogens with one attached hydrogen (secondary N) is 2. The van der Waals surface area contributed by atoms with Gasteiger partial charge < -0.3 is 15.1 Å². The summed E-state index contributed by atoms with van der Waals surface area (Å²) < 4.78 is 7.29. The molecule has 4 amide bonds. The molecule has 1 aliphatic rings. The lowest BCUT2D eigenvalue weighted by molar-refractivity contribution is -0.134. The number of nitrogens with zero attached hydrogens (tertiary/aromatic N) is 3. The van der Waals surface area contributed by atoms with Crippen molar-refractivity contribution in [2.24, 2.45) is 0 Å². The Hall–Kier alpha value is -3.88. The van der Waals surface area contributed by atoms with Crippen molar-refractivity contribution in [3.63, 3.8) is 0 Å². The summed E-state index contributed by atoms with van der Waals surface area (Å²) in [5.41, 5.74) is 2.57. The molecular weight excluding hydrogens is 410 g/mol. The number of hydrogen-bond acceptors (Lipinski definition) is 5. The van der Waals surface area contributed by atoms with Gasteiger partial charge in [-0.3, -0.25) is 14.5 Å². The average Bonchev–Trinajstić information content (AvgIpc) is 3.36. The molecule has 0 spiro atoms. The molecule has 3 aromatic rings. The molecule has 2 aromatic heterocycles. The molecule has 4 rings (SSSR count). The summed E-state index contributed by atoms with van der Waals surface area (Å²) in [6, 6.07) is 10.6. The second kappa shape index (κ2) is 7.67. The van der Waals surface area contributed by atoms with Gasteiger partial charge in [-0.25, -0.2) is 9.48 Å². The first kappa shape index (κ1) is 21.4. The Balaban J connectivity index is 1.51. The summed E-state index contributed by atoms with van der Waals surface area (Å²) in [6.07, 6.45) is 0. The molecule has 1 fully saturated rings. The van der Waals surface area contributed by atoms with Gasteiger partial charge in [-0.2, -0.15) is 5.10 Å². The van der Waals surface area contributed by atoms with E-state index in [0.717, 1.165) is 21.8 Å². The van der Waals surface area contributed by atoms with Crippen molar-refractivity contribution in [1.82, 2.24) is 20.0 Å². The highest BCUT2D eigenvalue weighted by Gasteiger charge is 2.51. The Morgan fingerprint density at radius 2 is 1.78 bits per heavy atom. The van der Waals surface area contributed by atoms with Crippen molar-refractivity contribution in [1.29, 1.82) is 0 Å². The molecule has 2 N–H and O–H groups in total. The van der Waals surface area contributed by atoms with Crippen LogP contribution in [0.25, 0.3) is 5.69 Å². The van der Waals surface area contributed by atoms with E-state index in [-0.39, 0.29) is 0 Å². The zero-order valence-electron chi connectivity index (χ0n) is 18.6. The number of aryl methyl sites for hydroxylation is 3. The van der Waals surface area contributed by atoms with E-state index in [2.05, 4.69) is 15.7 Å². The van der Waals surface area contributed by atoms with Crippen LogP contribution in [0, 0.1) is 27.7 Å². The lowest BCUT2D eigenvalue weighted by atomic mass is 9.99. The highest BCUT2D eigenvalue weighted by Crippen LogP contribution is 2.30. The summed E-state index contributed by atoms with van der Waals surface area (Å²) in [6.45, 7) is 8.53. The summed E-state index contributed by atoms with van der Waals surface area (Å²) in [5, 5.41) is 9.95. The lowest BCUT2D eigenvalue weighted by Crippen LogP contribution is -2.42. The van der Waals surface area contributed by atoms with Gasteiger partial charge in [-0.05, 0) is 58.9 Å². The van der Waals surface area contributed by atoms with Gasteiger partial charge in [0.25, 0.3) is 5.91 Å². The maximum Gasteiger partial charge on any atom is 0.325 e. The Bertz CT molecular complexity index is 1220. The maximum absolute atomic E-state index is 13.0. The molecule has 0 aliphatic carbocycles. The summed E-state index contributed by atoms with van der Waals surface area (Å²) in [5.74, 6) is -0.0999. The summed E-state index contributed by atoms with van der Waals surface area (Å²) in [7, 11) is 0. The van der Waals surface area contributed by atoms with Gasteiger partial charge in [0.2, 0.25) is 5.91 Å². The molecule has 166 valence electrons. The number of imide groups is 1. The highest BCUT2D eigenvalue weighted by molar-refractivity contribution is 6.10. The number of amides is 4. The second-order valence-electron chi connectivity index (χ2n) is 8.20. The highest BCUT2D eigenvalue weighted by atomic mass is 16.3. The Labute approximate surface area is 185 Å². The topological polar surface area (TPSA) is 109 Å². The van der Waals surface area contributed by atoms with Crippen LogP contribution in [-0.2, 0) is 15.1 Å². The number of benzene rings is 1. The zero-order chi connectivity index (χ0) is 23.2. The summed E-state index contributed by atoms with van der Waals surface area (Å²) >= 11 is 0. The third-order valence-electron chi connectivity index (χ3n) is 5.64. The van der Waals surface area contributed by atoms with Gasteiger partial charge in [0, 0.05) is 0 Å². The van der Waals surface area contributed by atoms with Gasteiger partial charge in [0.1, 0.15) is 18.1 Å². The number of hydrogen-bond donors (Lipinski definition) is 2. The molecule has 0 saturated carbocycles.